The number of unbranched alkanes of at least 4 members (excludes halogenated alkanes) is 3. The fraction of sp³-hybridized carbons (Fsp3) is 0.800. The molecule has 0 aromatic carbocycles. The number of rotatable bonds is 9. The smallest absolute Gasteiger partial charge is 0.550 e. The van der Waals surface area contributed by atoms with Crippen molar-refractivity contribution in [1.29, 1.82) is 0 Å². The van der Waals surface area contributed by atoms with Crippen LogP contribution in [0.15, 0.2) is 0 Å². The van der Waals surface area contributed by atoms with Gasteiger partial charge in [-0.2, -0.15) is 0 Å². The second kappa shape index (κ2) is 25.6. The molecule has 0 spiro atoms. The van der Waals surface area contributed by atoms with Crippen LogP contribution in [0.2, 0.25) is 0 Å². The summed E-state index contributed by atoms with van der Waals surface area (Å²) >= 11 is 0. The quantitative estimate of drug-likeness (QED) is 0.458. The van der Waals surface area contributed by atoms with Gasteiger partial charge in [-0.3, -0.25) is 0 Å². The van der Waals surface area contributed by atoms with Gasteiger partial charge in [-0.25, -0.2) is 0 Å². The predicted molar refractivity (Wildman–Crippen MR) is 73.6 cm³/mol. The van der Waals surface area contributed by atoms with Crippen LogP contribution in [-0.2, 0) is 14.4 Å². The van der Waals surface area contributed by atoms with Crippen LogP contribution in [0.3, 0.4) is 0 Å². The molecule has 0 aromatic rings. The molecule has 0 aliphatic carbocycles. The van der Waals surface area contributed by atoms with E-state index < -0.39 is 17.9 Å². The predicted octanol–water partition coefficient (Wildman–Crippen LogP) is -0.220. The number of hydrogen-bond acceptors (Lipinski definition) is 6. The summed E-state index contributed by atoms with van der Waals surface area (Å²) in [6.45, 7) is 5.84. The molecule has 0 unspecified atom stereocenters. The summed E-state index contributed by atoms with van der Waals surface area (Å²) in [6, 6.07) is 0. The first-order valence-corrected chi connectivity index (χ1v) is 7.41. The van der Waals surface area contributed by atoms with Gasteiger partial charge in [-0.05, 0) is 38.5 Å². The molecule has 0 saturated carbocycles. The molecular weight excluding hydrogens is 445 g/mol. The molecule has 0 N–H and O–H groups in total. The van der Waals surface area contributed by atoms with Gasteiger partial charge in [0, 0.05) is 17.9 Å². The molecule has 0 saturated heterocycles. The zero-order valence-corrected chi connectivity index (χ0v) is 15.4. The Labute approximate surface area is 162 Å². The van der Waals surface area contributed by atoms with Gasteiger partial charge in [0.25, 0.3) is 0 Å². The van der Waals surface area contributed by atoms with Crippen molar-refractivity contribution in [1.82, 2.24) is 0 Å². The fourth-order valence-corrected chi connectivity index (χ4v) is 0.963. The molecule has 0 heterocycles. The van der Waals surface area contributed by atoms with Crippen molar-refractivity contribution in [3.05, 3.63) is 0 Å². The van der Waals surface area contributed by atoms with E-state index in [1.165, 1.54) is 0 Å². The summed E-state index contributed by atoms with van der Waals surface area (Å²) in [7, 11) is 0. The zero-order chi connectivity index (χ0) is 17.1. The molecule has 0 rings (SSSR count). The Morgan fingerprint density at radius 3 is 0.818 bits per heavy atom. The van der Waals surface area contributed by atoms with Gasteiger partial charge in [0.2, 0.25) is 0 Å². The molecule has 0 radical (unpaired) electrons. The maximum atomic E-state index is 9.65. The van der Waals surface area contributed by atoms with Crippen molar-refractivity contribution in [3.63, 3.8) is 0 Å². The SMILES string of the molecule is CCCCC(=O)[O-].CCCCC(=O)[O-].CCCCC(=O)[O-].[Tm+3]. The summed E-state index contributed by atoms with van der Waals surface area (Å²) in [6.07, 6.45) is 5.60. The minimum atomic E-state index is -0.943. The molecule has 0 bridgehead atoms. The van der Waals surface area contributed by atoms with Gasteiger partial charge < -0.3 is 29.7 Å². The van der Waals surface area contributed by atoms with Crippen molar-refractivity contribution in [2.45, 2.75) is 78.6 Å². The van der Waals surface area contributed by atoms with Crippen LogP contribution in [0.4, 0.5) is 0 Å². The topological polar surface area (TPSA) is 120 Å². The zero-order valence-electron chi connectivity index (χ0n) is 13.6. The molecule has 0 amide bonds. The van der Waals surface area contributed by atoms with Crippen LogP contribution >= 0.6 is 0 Å². The molecule has 0 aliphatic rings. The second-order valence-corrected chi connectivity index (χ2v) is 4.43. The first-order valence-electron chi connectivity index (χ1n) is 7.41. The van der Waals surface area contributed by atoms with Gasteiger partial charge in [0.05, 0.1) is 0 Å². The van der Waals surface area contributed by atoms with E-state index in [1.807, 2.05) is 20.8 Å². The molecule has 0 fully saturated rings. The standard InChI is InChI=1S/3C5H10O2.Tm/c3*1-2-3-4-5(6)7;/h3*2-4H2,1H3,(H,6,7);/q;;;+3/p-3. The summed E-state index contributed by atoms with van der Waals surface area (Å²) in [5.41, 5.74) is 0. The third-order valence-electron chi connectivity index (χ3n) is 2.20. The van der Waals surface area contributed by atoms with E-state index in [9.17, 15) is 29.7 Å². The molecule has 0 atom stereocenters. The number of aliphatic carboxylic acids is 3. The normalized spacial score (nSPS) is 8.32. The van der Waals surface area contributed by atoms with Crippen LogP contribution in [0.25, 0.3) is 0 Å². The first-order chi connectivity index (χ1) is 9.81. The van der Waals surface area contributed by atoms with Gasteiger partial charge >= 0.3 is 36.9 Å². The molecule has 0 aromatic heterocycles. The monoisotopic (exact) mass is 472 g/mol. The average Bonchev–Trinajstić information content (AvgIpc) is 2.41. The largest absolute Gasteiger partial charge is 3.00 e. The van der Waals surface area contributed by atoms with E-state index in [1.54, 1.807) is 0 Å². The third kappa shape index (κ3) is 50.4. The second-order valence-electron chi connectivity index (χ2n) is 4.43. The number of hydrogen-bond donors (Lipinski definition) is 0. The van der Waals surface area contributed by atoms with Crippen LogP contribution in [0.1, 0.15) is 78.6 Å². The number of carbonyl (C=O) groups excluding carboxylic acids is 3. The molecular formula is C15H27O6Tm. The van der Waals surface area contributed by atoms with Crippen molar-refractivity contribution in [2.75, 3.05) is 0 Å². The van der Waals surface area contributed by atoms with Crippen molar-refractivity contribution in [3.8, 4) is 0 Å². The fourth-order valence-electron chi connectivity index (χ4n) is 0.963. The number of carbonyl (C=O) groups is 3. The Balaban J connectivity index is -0.000000108. The van der Waals surface area contributed by atoms with Crippen LogP contribution in [0, 0.1) is 36.9 Å². The Bertz CT molecular complexity index is 226. The van der Waals surface area contributed by atoms with Gasteiger partial charge in [-0.1, -0.05) is 40.0 Å². The Kier molecular flexibility index (Phi) is 34.5. The average molecular weight is 472 g/mol. The number of carboxylic acid groups (broad SMARTS) is 3. The first kappa shape index (κ1) is 29.6. The maximum Gasteiger partial charge on any atom is 3.00 e. The Morgan fingerprint density at radius 1 is 0.591 bits per heavy atom. The van der Waals surface area contributed by atoms with Crippen molar-refractivity contribution in [2.24, 2.45) is 0 Å². The summed E-state index contributed by atoms with van der Waals surface area (Å²) in [4.78, 5) is 28.9. The van der Waals surface area contributed by atoms with Gasteiger partial charge in [0.1, 0.15) is 0 Å². The van der Waals surface area contributed by atoms with Crippen LogP contribution in [-0.4, -0.2) is 17.9 Å². The minimum absolute atomic E-state index is 0. The molecule has 0 aliphatic heterocycles. The van der Waals surface area contributed by atoms with Crippen LogP contribution < -0.4 is 15.3 Å². The molecule has 136 valence electrons. The van der Waals surface area contributed by atoms with E-state index in [-0.39, 0.29) is 56.1 Å². The van der Waals surface area contributed by atoms with Gasteiger partial charge in [-0.15, -0.1) is 0 Å². The van der Waals surface area contributed by atoms with E-state index in [0.29, 0.717) is 0 Å². The molecule has 6 nitrogen and oxygen atoms in total. The summed E-state index contributed by atoms with van der Waals surface area (Å²) < 4.78 is 0. The Hall–Kier alpha value is -0.356. The summed E-state index contributed by atoms with van der Waals surface area (Å²) in [5.74, 6) is -2.83. The third-order valence-corrected chi connectivity index (χ3v) is 2.20. The minimum Gasteiger partial charge on any atom is -0.550 e. The van der Waals surface area contributed by atoms with Crippen molar-refractivity contribution >= 4 is 17.9 Å². The molecule has 22 heavy (non-hydrogen) atoms. The summed E-state index contributed by atoms with van der Waals surface area (Å²) in [5, 5.41) is 28.9. The number of carboxylic acids is 3. The van der Waals surface area contributed by atoms with E-state index in [4.69, 9.17) is 0 Å². The Morgan fingerprint density at radius 2 is 0.773 bits per heavy atom. The molecule has 7 heteroatoms. The van der Waals surface area contributed by atoms with E-state index >= 15 is 0 Å². The van der Waals surface area contributed by atoms with Crippen LogP contribution in [0.5, 0.6) is 0 Å². The van der Waals surface area contributed by atoms with Crippen molar-refractivity contribution < 1.29 is 66.6 Å². The van der Waals surface area contributed by atoms with E-state index in [2.05, 4.69) is 0 Å². The maximum absolute atomic E-state index is 9.65. The van der Waals surface area contributed by atoms with Gasteiger partial charge in [0.15, 0.2) is 0 Å². The van der Waals surface area contributed by atoms with E-state index in [0.717, 1.165) is 38.5 Å².